The van der Waals surface area contributed by atoms with Crippen LogP contribution in [0.2, 0.25) is 0 Å². The largest absolute Gasteiger partial charge is 0.494 e. The molecular formula is C25H35N3O4. The van der Waals surface area contributed by atoms with Gasteiger partial charge >= 0.3 is 0 Å². The average molecular weight is 442 g/mol. The molecule has 1 aromatic heterocycles. The van der Waals surface area contributed by atoms with Gasteiger partial charge in [0.1, 0.15) is 11.5 Å². The van der Waals surface area contributed by atoms with Gasteiger partial charge in [0.05, 0.1) is 18.7 Å². The smallest absolute Gasteiger partial charge is 0.227 e. The summed E-state index contributed by atoms with van der Waals surface area (Å²) < 4.78 is 10.9. The molecule has 0 N–H and O–H groups in total. The Morgan fingerprint density at radius 2 is 1.59 bits per heavy atom. The van der Waals surface area contributed by atoms with Crippen LogP contribution in [0, 0.1) is 13.8 Å². The molecule has 3 rings (SSSR count). The van der Waals surface area contributed by atoms with Crippen LogP contribution in [0.1, 0.15) is 56.2 Å². The van der Waals surface area contributed by atoms with Crippen LogP contribution in [-0.4, -0.2) is 59.6 Å². The molecule has 1 aromatic carbocycles. The van der Waals surface area contributed by atoms with Crippen molar-refractivity contribution in [2.45, 2.75) is 59.3 Å². The predicted octanol–water partition coefficient (Wildman–Crippen LogP) is 3.66. The van der Waals surface area contributed by atoms with Crippen LogP contribution in [0.15, 0.2) is 28.8 Å². The second-order valence-corrected chi connectivity index (χ2v) is 9.47. The second-order valence-electron chi connectivity index (χ2n) is 9.47. The molecule has 7 nitrogen and oxygen atoms in total. The van der Waals surface area contributed by atoms with E-state index in [1.54, 1.807) is 0 Å². The number of rotatable bonds is 7. The molecule has 1 fully saturated rings. The van der Waals surface area contributed by atoms with Gasteiger partial charge in [0.25, 0.3) is 0 Å². The van der Waals surface area contributed by atoms with Crippen LogP contribution < -0.4 is 4.74 Å². The summed E-state index contributed by atoms with van der Waals surface area (Å²) in [6, 6.07) is 8.16. The molecule has 1 aliphatic rings. The monoisotopic (exact) mass is 441 g/mol. The zero-order valence-corrected chi connectivity index (χ0v) is 19.9. The van der Waals surface area contributed by atoms with E-state index < -0.39 is 0 Å². The minimum Gasteiger partial charge on any atom is -0.494 e. The van der Waals surface area contributed by atoms with Crippen molar-refractivity contribution in [1.82, 2.24) is 15.0 Å². The molecule has 2 amide bonds. The van der Waals surface area contributed by atoms with Crippen molar-refractivity contribution in [1.29, 1.82) is 0 Å². The van der Waals surface area contributed by atoms with E-state index in [1.807, 2.05) is 35.8 Å². The summed E-state index contributed by atoms with van der Waals surface area (Å²) in [6.07, 6.45) is 1.42. The lowest BCUT2D eigenvalue weighted by Gasteiger charge is -2.35. The Kier molecular flexibility index (Phi) is 7.59. The van der Waals surface area contributed by atoms with Crippen molar-refractivity contribution >= 4 is 11.8 Å². The fourth-order valence-electron chi connectivity index (χ4n) is 3.85. The van der Waals surface area contributed by atoms with E-state index in [2.05, 4.69) is 38.1 Å². The maximum absolute atomic E-state index is 12.6. The number of piperazine rings is 1. The normalized spacial score (nSPS) is 14.5. The molecule has 0 atom stereocenters. The van der Waals surface area contributed by atoms with Crippen LogP contribution in [0.5, 0.6) is 5.75 Å². The standard InChI is InChI=1S/C25H35N3O4/c1-18-22(19(2)32-26-18)17-24(30)28-14-12-27(13-15-28)23(29)7-6-16-31-21-10-8-20(9-11-21)25(3,4)5/h8-11H,6-7,12-17H2,1-5H3. The Bertz CT molecular complexity index is 900. The molecule has 1 aliphatic heterocycles. The summed E-state index contributed by atoms with van der Waals surface area (Å²) in [5.74, 6) is 1.69. The first-order valence-corrected chi connectivity index (χ1v) is 11.4. The van der Waals surface area contributed by atoms with E-state index in [-0.39, 0.29) is 17.2 Å². The van der Waals surface area contributed by atoms with Gasteiger partial charge in [-0.05, 0) is 43.4 Å². The zero-order valence-electron chi connectivity index (χ0n) is 19.9. The zero-order chi connectivity index (χ0) is 23.3. The summed E-state index contributed by atoms with van der Waals surface area (Å²) in [5.41, 5.74) is 3.01. The number of aromatic nitrogens is 1. The first kappa shape index (κ1) is 23.8. The second kappa shape index (κ2) is 10.2. The molecule has 2 aromatic rings. The first-order chi connectivity index (χ1) is 15.1. The van der Waals surface area contributed by atoms with Crippen molar-refractivity contribution in [3.05, 3.63) is 46.8 Å². The third kappa shape index (κ3) is 6.11. The van der Waals surface area contributed by atoms with Crippen LogP contribution in [0.25, 0.3) is 0 Å². The minimum absolute atomic E-state index is 0.0531. The Hall–Kier alpha value is -2.83. The third-order valence-electron chi connectivity index (χ3n) is 6.02. The molecule has 32 heavy (non-hydrogen) atoms. The van der Waals surface area contributed by atoms with Gasteiger partial charge in [0.15, 0.2) is 0 Å². The lowest BCUT2D eigenvalue weighted by molar-refractivity contribution is -0.139. The maximum Gasteiger partial charge on any atom is 0.227 e. The number of hydrogen-bond acceptors (Lipinski definition) is 5. The fourth-order valence-corrected chi connectivity index (χ4v) is 3.85. The van der Waals surface area contributed by atoms with Crippen molar-refractivity contribution in [3.8, 4) is 5.75 Å². The first-order valence-electron chi connectivity index (χ1n) is 11.4. The molecule has 0 saturated carbocycles. The molecular weight excluding hydrogens is 406 g/mol. The topological polar surface area (TPSA) is 75.9 Å². The molecule has 0 aliphatic carbocycles. The predicted molar refractivity (Wildman–Crippen MR) is 123 cm³/mol. The van der Waals surface area contributed by atoms with Gasteiger partial charge < -0.3 is 19.1 Å². The molecule has 0 radical (unpaired) electrons. The number of carbonyl (C=O) groups is 2. The Morgan fingerprint density at radius 1 is 1.00 bits per heavy atom. The van der Waals surface area contributed by atoms with Crippen LogP contribution in [-0.2, 0) is 21.4 Å². The van der Waals surface area contributed by atoms with Crippen LogP contribution >= 0.6 is 0 Å². The van der Waals surface area contributed by atoms with Gasteiger partial charge in [0.2, 0.25) is 11.8 Å². The van der Waals surface area contributed by atoms with Gasteiger partial charge in [-0.2, -0.15) is 0 Å². The van der Waals surface area contributed by atoms with Crippen molar-refractivity contribution in [2.24, 2.45) is 0 Å². The SMILES string of the molecule is Cc1noc(C)c1CC(=O)N1CCN(C(=O)CCCOc2ccc(C(C)(C)C)cc2)CC1. The lowest BCUT2D eigenvalue weighted by Crippen LogP contribution is -2.51. The number of hydrogen-bond donors (Lipinski definition) is 0. The van der Waals surface area contributed by atoms with E-state index in [0.717, 1.165) is 17.0 Å². The van der Waals surface area contributed by atoms with Gasteiger partial charge in [-0.3, -0.25) is 9.59 Å². The van der Waals surface area contributed by atoms with Crippen molar-refractivity contribution in [3.63, 3.8) is 0 Å². The van der Waals surface area contributed by atoms with Crippen molar-refractivity contribution < 1.29 is 18.8 Å². The molecule has 174 valence electrons. The van der Waals surface area contributed by atoms with E-state index in [1.165, 1.54) is 5.56 Å². The number of benzene rings is 1. The highest BCUT2D eigenvalue weighted by atomic mass is 16.5. The molecule has 0 bridgehead atoms. The average Bonchev–Trinajstić information content (AvgIpc) is 3.08. The molecule has 1 saturated heterocycles. The highest BCUT2D eigenvalue weighted by Crippen LogP contribution is 2.24. The van der Waals surface area contributed by atoms with E-state index >= 15 is 0 Å². The number of nitrogens with zero attached hydrogens (tertiary/aromatic N) is 3. The Balaban J connectivity index is 1.36. The highest BCUT2D eigenvalue weighted by Gasteiger charge is 2.25. The van der Waals surface area contributed by atoms with Gasteiger partial charge in [0, 0.05) is 38.2 Å². The quantitative estimate of drug-likeness (QED) is 0.613. The fraction of sp³-hybridized carbons (Fsp3) is 0.560. The Morgan fingerprint density at radius 3 is 2.12 bits per heavy atom. The number of amides is 2. The number of ether oxygens (including phenoxy) is 1. The maximum atomic E-state index is 12.6. The molecule has 7 heteroatoms. The van der Waals surface area contributed by atoms with Gasteiger partial charge in [-0.1, -0.05) is 38.1 Å². The summed E-state index contributed by atoms with van der Waals surface area (Å²) in [4.78, 5) is 28.8. The van der Waals surface area contributed by atoms with E-state index in [9.17, 15) is 9.59 Å². The molecule has 2 heterocycles. The van der Waals surface area contributed by atoms with E-state index in [4.69, 9.17) is 9.26 Å². The van der Waals surface area contributed by atoms with Crippen LogP contribution in [0.3, 0.4) is 0 Å². The summed E-state index contributed by atoms with van der Waals surface area (Å²) in [5, 5.41) is 3.91. The van der Waals surface area contributed by atoms with Crippen LogP contribution in [0.4, 0.5) is 0 Å². The Labute approximate surface area is 190 Å². The highest BCUT2D eigenvalue weighted by molar-refractivity contribution is 5.80. The third-order valence-corrected chi connectivity index (χ3v) is 6.02. The minimum atomic E-state index is 0.0531. The summed E-state index contributed by atoms with van der Waals surface area (Å²) in [6.45, 7) is 13.0. The lowest BCUT2D eigenvalue weighted by atomic mass is 9.87. The summed E-state index contributed by atoms with van der Waals surface area (Å²) in [7, 11) is 0. The van der Waals surface area contributed by atoms with Gasteiger partial charge in [-0.25, -0.2) is 0 Å². The summed E-state index contributed by atoms with van der Waals surface area (Å²) >= 11 is 0. The molecule has 0 spiro atoms. The van der Waals surface area contributed by atoms with Gasteiger partial charge in [-0.15, -0.1) is 0 Å². The van der Waals surface area contributed by atoms with E-state index in [0.29, 0.717) is 57.8 Å². The molecule has 0 unspecified atom stereocenters. The number of aryl methyl sites for hydroxylation is 2. The number of carbonyl (C=O) groups excluding carboxylic acids is 2. The van der Waals surface area contributed by atoms with Crippen molar-refractivity contribution in [2.75, 3.05) is 32.8 Å².